The summed E-state index contributed by atoms with van der Waals surface area (Å²) in [4.78, 5) is 28.8. The highest BCUT2D eigenvalue weighted by atomic mass is 32.2. The minimum absolute atomic E-state index is 0.184. The van der Waals surface area contributed by atoms with E-state index in [2.05, 4.69) is 15.0 Å². The molecule has 26 heavy (non-hydrogen) atoms. The van der Waals surface area contributed by atoms with Crippen molar-refractivity contribution in [1.29, 1.82) is 0 Å². The van der Waals surface area contributed by atoms with Gasteiger partial charge in [0.2, 0.25) is 0 Å². The Morgan fingerprint density at radius 1 is 1.15 bits per heavy atom. The first-order valence-corrected chi connectivity index (χ1v) is 8.84. The average Bonchev–Trinajstić information content (AvgIpc) is 2.98. The van der Waals surface area contributed by atoms with Gasteiger partial charge in [-0.05, 0) is 66.6 Å². The van der Waals surface area contributed by atoms with Crippen LogP contribution >= 0.6 is 11.8 Å². The smallest absolute Gasteiger partial charge is 0.337 e. The Bertz CT molecular complexity index is 931. The fraction of sp³-hybridized carbons (Fsp3) is 0.150. The minimum Gasteiger partial charge on any atom is -0.465 e. The van der Waals surface area contributed by atoms with Crippen LogP contribution in [0.25, 0.3) is 6.08 Å². The number of esters is 1. The number of ether oxygens (including phenoxy) is 1. The molecule has 3 rings (SSSR count). The number of carbonyl (C=O) groups is 2. The second-order valence-electron chi connectivity index (χ2n) is 5.81. The normalized spacial score (nSPS) is 16.8. The summed E-state index contributed by atoms with van der Waals surface area (Å²) in [5.41, 5.74) is 4.38. The van der Waals surface area contributed by atoms with Crippen molar-refractivity contribution in [2.24, 2.45) is 4.99 Å². The molecule has 0 aliphatic carbocycles. The third kappa shape index (κ3) is 3.86. The summed E-state index contributed by atoms with van der Waals surface area (Å²) in [6, 6.07) is 12.8. The maximum atomic E-state index is 12.2. The van der Waals surface area contributed by atoms with E-state index in [1.54, 1.807) is 30.3 Å². The summed E-state index contributed by atoms with van der Waals surface area (Å²) in [7, 11) is 1.34. The first-order valence-electron chi connectivity index (χ1n) is 8.02. The molecule has 2 aromatic carbocycles. The molecule has 0 saturated carbocycles. The van der Waals surface area contributed by atoms with Gasteiger partial charge < -0.3 is 10.1 Å². The zero-order chi connectivity index (χ0) is 18.7. The van der Waals surface area contributed by atoms with Crippen molar-refractivity contribution < 1.29 is 14.3 Å². The Hall–Kier alpha value is -2.86. The van der Waals surface area contributed by atoms with Crippen LogP contribution in [-0.4, -0.2) is 24.2 Å². The fourth-order valence-electron chi connectivity index (χ4n) is 2.43. The van der Waals surface area contributed by atoms with Crippen LogP contribution in [0.15, 0.2) is 52.4 Å². The van der Waals surface area contributed by atoms with Gasteiger partial charge in [0.05, 0.1) is 23.3 Å². The molecule has 0 atom stereocenters. The molecule has 1 aliphatic rings. The van der Waals surface area contributed by atoms with Crippen LogP contribution in [0.2, 0.25) is 0 Å². The number of aliphatic imine (C=N–C) groups is 1. The Labute approximate surface area is 156 Å². The molecule has 0 aromatic heterocycles. The number of carbonyl (C=O) groups excluding carboxylic acids is 2. The lowest BCUT2D eigenvalue weighted by atomic mass is 10.1. The number of methoxy groups -OCH3 is 1. The first-order chi connectivity index (χ1) is 12.5. The topological polar surface area (TPSA) is 67.8 Å². The summed E-state index contributed by atoms with van der Waals surface area (Å²) in [6.45, 7) is 4.04. The number of nitrogens with one attached hydrogen (secondary N) is 1. The number of amidine groups is 1. The molecular weight excluding hydrogens is 348 g/mol. The van der Waals surface area contributed by atoms with Gasteiger partial charge in [-0.15, -0.1) is 0 Å². The molecule has 132 valence electrons. The van der Waals surface area contributed by atoms with Gasteiger partial charge in [-0.25, -0.2) is 9.79 Å². The van der Waals surface area contributed by atoms with Gasteiger partial charge in [0.25, 0.3) is 5.91 Å². The van der Waals surface area contributed by atoms with E-state index in [1.165, 1.54) is 18.9 Å². The number of rotatable bonds is 3. The Kier molecular flexibility index (Phi) is 5.23. The Morgan fingerprint density at radius 2 is 1.88 bits per heavy atom. The maximum Gasteiger partial charge on any atom is 0.337 e. The van der Waals surface area contributed by atoms with Crippen molar-refractivity contribution in [2.45, 2.75) is 13.8 Å². The molecule has 1 amide bonds. The molecule has 1 saturated heterocycles. The molecular formula is C20H18N2O3S. The third-order valence-corrected chi connectivity index (χ3v) is 4.99. The highest BCUT2D eigenvalue weighted by Crippen LogP contribution is 2.29. The number of hydrogen-bond acceptors (Lipinski definition) is 5. The van der Waals surface area contributed by atoms with Crippen LogP contribution in [0.5, 0.6) is 0 Å². The fourth-order valence-corrected chi connectivity index (χ4v) is 3.27. The highest BCUT2D eigenvalue weighted by Gasteiger charge is 2.24. The lowest BCUT2D eigenvalue weighted by Crippen LogP contribution is -2.19. The molecule has 0 spiro atoms. The SMILES string of the molecule is COC(=O)c1ccc(/C=C2/SC(=Nc3cccc(C)c3C)NC2=O)cc1. The number of aryl methyl sites for hydroxylation is 1. The van der Waals surface area contributed by atoms with Crippen LogP contribution in [-0.2, 0) is 9.53 Å². The van der Waals surface area contributed by atoms with E-state index in [-0.39, 0.29) is 11.9 Å². The molecule has 5 nitrogen and oxygen atoms in total. The average molecular weight is 366 g/mol. The largest absolute Gasteiger partial charge is 0.465 e. The Morgan fingerprint density at radius 3 is 2.58 bits per heavy atom. The summed E-state index contributed by atoms with van der Waals surface area (Å²) < 4.78 is 4.68. The standard InChI is InChI=1S/C20H18N2O3S/c1-12-5-4-6-16(13(12)2)21-20-22-18(23)17(26-20)11-14-7-9-15(10-8-14)19(24)25-3/h4-11H,1-3H3,(H,21,22,23)/b17-11+. The molecule has 1 fully saturated rings. The van der Waals surface area contributed by atoms with Gasteiger partial charge in [0.1, 0.15) is 0 Å². The van der Waals surface area contributed by atoms with Gasteiger partial charge in [0.15, 0.2) is 5.17 Å². The number of nitrogens with zero attached hydrogens (tertiary/aromatic N) is 1. The molecule has 1 aliphatic heterocycles. The van der Waals surface area contributed by atoms with Gasteiger partial charge in [-0.2, -0.15) is 0 Å². The highest BCUT2D eigenvalue weighted by molar-refractivity contribution is 8.18. The molecule has 2 aromatic rings. The van der Waals surface area contributed by atoms with E-state index in [9.17, 15) is 9.59 Å². The molecule has 0 unspecified atom stereocenters. The monoisotopic (exact) mass is 366 g/mol. The predicted molar refractivity (Wildman–Crippen MR) is 105 cm³/mol. The zero-order valence-electron chi connectivity index (χ0n) is 14.7. The molecule has 1 N–H and O–H groups in total. The summed E-state index contributed by atoms with van der Waals surface area (Å²) in [5, 5.41) is 3.35. The lowest BCUT2D eigenvalue weighted by molar-refractivity contribution is -0.115. The molecule has 0 bridgehead atoms. The van der Waals surface area contributed by atoms with Crippen LogP contribution in [0, 0.1) is 13.8 Å². The van der Waals surface area contributed by atoms with Gasteiger partial charge in [0, 0.05) is 0 Å². The van der Waals surface area contributed by atoms with Crippen LogP contribution in [0.1, 0.15) is 27.0 Å². The van der Waals surface area contributed by atoms with Crippen molar-refractivity contribution in [2.75, 3.05) is 7.11 Å². The number of hydrogen-bond donors (Lipinski definition) is 1. The van der Waals surface area contributed by atoms with Crippen LogP contribution < -0.4 is 5.32 Å². The molecule has 1 heterocycles. The van der Waals surface area contributed by atoms with E-state index >= 15 is 0 Å². The van der Waals surface area contributed by atoms with E-state index in [0.29, 0.717) is 15.6 Å². The first kappa shape index (κ1) is 17.9. The van der Waals surface area contributed by atoms with E-state index < -0.39 is 0 Å². The second kappa shape index (κ2) is 7.58. The molecule has 6 heteroatoms. The Balaban J connectivity index is 1.81. The predicted octanol–water partition coefficient (Wildman–Crippen LogP) is 3.98. The van der Waals surface area contributed by atoms with Crippen molar-refractivity contribution in [3.05, 3.63) is 69.6 Å². The minimum atomic E-state index is -0.389. The third-order valence-electron chi connectivity index (χ3n) is 4.08. The van der Waals surface area contributed by atoms with Gasteiger partial charge in [-0.3, -0.25) is 4.79 Å². The zero-order valence-corrected chi connectivity index (χ0v) is 15.5. The maximum absolute atomic E-state index is 12.2. The number of thioether (sulfide) groups is 1. The number of benzene rings is 2. The van der Waals surface area contributed by atoms with Gasteiger partial charge >= 0.3 is 5.97 Å². The van der Waals surface area contributed by atoms with E-state index in [4.69, 9.17) is 0 Å². The summed E-state index contributed by atoms with van der Waals surface area (Å²) in [5.74, 6) is -0.573. The van der Waals surface area contributed by atoms with Crippen molar-refractivity contribution >= 4 is 40.6 Å². The van der Waals surface area contributed by atoms with E-state index in [0.717, 1.165) is 22.4 Å². The van der Waals surface area contributed by atoms with Crippen molar-refractivity contribution in [3.8, 4) is 0 Å². The number of amides is 1. The second-order valence-corrected chi connectivity index (χ2v) is 6.85. The lowest BCUT2D eigenvalue weighted by Gasteiger charge is -2.04. The summed E-state index contributed by atoms with van der Waals surface area (Å²) >= 11 is 1.30. The van der Waals surface area contributed by atoms with Crippen LogP contribution in [0.3, 0.4) is 0 Å². The quantitative estimate of drug-likeness (QED) is 0.659. The van der Waals surface area contributed by atoms with Crippen molar-refractivity contribution in [3.63, 3.8) is 0 Å². The van der Waals surface area contributed by atoms with Gasteiger partial charge in [-0.1, -0.05) is 24.3 Å². The molecule has 0 radical (unpaired) electrons. The van der Waals surface area contributed by atoms with E-state index in [1.807, 2.05) is 32.0 Å². The van der Waals surface area contributed by atoms with Crippen LogP contribution in [0.4, 0.5) is 5.69 Å². The summed E-state index contributed by atoms with van der Waals surface area (Å²) in [6.07, 6.45) is 1.77. The van der Waals surface area contributed by atoms with Crippen molar-refractivity contribution in [1.82, 2.24) is 5.32 Å².